The van der Waals surface area contributed by atoms with Crippen molar-refractivity contribution >= 4 is 21.9 Å². The van der Waals surface area contributed by atoms with E-state index in [4.69, 9.17) is 9.47 Å². The van der Waals surface area contributed by atoms with Crippen LogP contribution in [-0.2, 0) is 14.3 Å². The first-order valence-electron chi connectivity index (χ1n) is 3.60. The van der Waals surface area contributed by atoms with Crippen LogP contribution in [0.3, 0.4) is 0 Å². The zero-order valence-electron chi connectivity index (χ0n) is 6.80. The summed E-state index contributed by atoms with van der Waals surface area (Å²) in [6.07, 6.45) is 0. The Balaban J connectivity index is 3.46. The largest absolute Gasteiger partial charge is 0.465 e. The van der Waals surface area contributed by atoms with Crippen LogP contribution in [0.5, 0.6) is 0 Å². The predicted octanol–water partition coefficient (Wildman–Crippen LogP) is 1.35. The van der Waals surface area contributed by atoms with E-state index in [1.807, 2.05) is 6.92 Å². The first kappa shape index (κ1) is 10.9. The molecule has 1 unspecified atom stereocenters. The van der Waals surface area contributed by atoms with Crippen molar-refractivity contribution in [2.45, 2.75) is 18.7 Å². The van der Waals surface area contributed by atoms with Gasteiger partial charge in [0, 0.05) is 6.61 Å². The molecule has 0 aliphatic carbocycles. The Morgan fingerprint density at radius 2 is 2.09 bits per heavy atom. The third-order valence-electron chi connectivity index (χ3n) is 1.01. The molecule has 11 heavy (non-hydrogen) atoms. The molecule has 0 saturated carbocycles. The SMILES string of the molecule is CCOCC(Br)C(=O)OCC. The van der Waals surface area contributed by atoms with Gasteiger partial charge in [0.15, 0.2) is 0 Å². The van der Waals surface area contributed by atoms with Crippen LogP contribution in [0.4, 0.5) is 0 Å². The van der Waals surface area contributed by atoms with Gasteiger partial charge in [-0.2, -0.15) is 0 Å². The molecule has 1 atom stereocenters. The second-order valence-electron chi connectivity index (χ2n) is 1.88. The van der Waals surface area contributed by atoms with Gasteiger partial charge in [-0.1, -0.05) is 15.9 Å². The standard InChI is InChI=1S/C7H13BrO3/c1-3-10-5-6(8)7(9)11-4-2/h6H,3-5H2,1-2H3. The van der Waals surface area contributed by atoms with E-state index in [0.717, 1.165) is 0 Å². The van der Waals surface area contributed by atoms with E-state index < -0.39 is 0 Å². The van der Waals surface area contributed by atoms with Crippen LogP contribution in [0.2, 0.25) is 0 Å². The lowest BCUT2D eigenvalue weighted by Gasteiger charge is -2.07. The minimum atomic E-state index is -0.331. The van der Waals surface area contributed by atoms with E-state index in [-0.39, 0.29) is 10.8 Å². The van der Waals surface area contributed by atoms with Gasteiger partial charge in [-0.15, -0.1) is 0 Å². The van der Waals surface area contributed by atoms with E-state index in [1.165, 1.54) is 0 Å². The van der Waals surface area contributed by atoms with Gasteiger partial charge in [-0.3, -0.25) is 4.79 Å². The van der Waals surface area contributed by atoms with Crippen molar-refractivity contribution in [3.8, 4) is 0 Å². The summed E-state index contributed by atoms with van der Waals surface area (Å²) in [5, 5.41) is 0. The first-order valence-corrected chi connectivity index (χ1v) is 4.52. The van der Waals surface area contributed by atoms with Crippen molar-refractivity contribution in [1.29, 1.82) is 0 Å². The maximum Gasteiger partial charge on any atom is 0.322 e. The zero-order chi connectivity index (χ0) is 8.69. The van der Waals surface area contributed by atoms with Gasteiger partial charge >= 0.3 is 5.97 Å². The highest BCUT2D eigenvalue weighted by Crippen LogP contribution is 2.02. The summed E-state index contributed by atoms with van der Waals surface area (Å²) in [5.41, 5.74) is 0. The molecule has 0 heterocycles. The average molecular weight is 225 g/mol. The van der Waals surface area contributed by atoms with Crippen molar-refractivity contribution < 1.29 is 14.3 Å². The Hall–Kier alpha value is -0.0900. The zero-order valence-corrected chi connectivity index (χ0v) is 8.39. The van der Waals surface area contributed by atoms with Crippen LogP contribution in [0.1, 0.15) is 13.8 Å². The fraction of sp³-hybridized carbons (Fsp3) is 0.857. The molecule has 0 aromatic heterocycles. The monoisotopic (exact) mass is 224 g/mol. The number of hydrogen-bond donors (Lipinski definition) is 0. The molecule has 66 valence electrons. The topological polar surface area (TPSA) is 35.5 Å². The molecule has 0 rings (SSSR count). The van der Waals surface area contributed by atoms with Crippen molar-refractivity contribution in [3.63, 3.8) is 0 Å². The Labute approximate surface area is 75.2 Å². The smallest absolute Gasteiger partial charge is 0.322 e. The molecule has 0 saturated heterocycles. The van der Waals surface area contributed by atoms with Gasteiger partial charge in [0.05, 0.1) is 13.2 Å². The molecule has 0 bridgehead atoms. The highest BCUT2D eigenvalue weighted by atomic mass is 79.9. The number of carbonyl (C=O) groups excluding carboxylic acids is 1. The lowest BCUT2D eigenvalue weighted by Crippen LogP contribution is -2.22. The van der Waals surface area contributed by atoms with E-state index in [9.17, 15) is 4.79 Å². The predicted molar refractivity (Wildman–Crippen MR) is 45.8 cm³/mol. The van der Waals surface area contributed by atoms with E-state index in [0.29, 0.717) is 19.8 Å². The lowest BCUT2D eigenvalue weighted by molar-refractivity contribution is -0.143. The van der Waals surface area contributed by atoms with Gasteiger partial charge in [-0.25, -0.2) is 0 Å². The van der Waals surface area contributed by atoms with Crippen LogP contribution < -0.4 is 0 Å². The summed E-state index contributed by atoms with van der Waals surface area (Å²) in [6, 6.07) is 0. The van der Waals surface area contributed by atoms with Crippen LogP contribution in [0, 0.1) is 0 Å². The number of alkyl halides is 1. The molecule has 4 heteroatoms. The van der Waals surface area contributed by atoms with Crippen molar-refractivity contribution in [2.24, 2.45) is 0 Å². The number of rotatable bonds is 5. The average Bonchev–Trinajstić information content (AvgIpc) is 2.00. The summed E-state index contributed by atoms with van der Waals surface area (Å²) in [4.78, 5) is 10.6. The van der Waals surface area contributed by atoms with Crippen LogP contribution in [-0.4, -0.2) is 30.6 Å². The number of esters is 1. The molecule has 0 N–H and O–H groups in total. The van der Waals surface area contributed by atoms with Gasteiger partial charge in [0.25, 0.3) is 0 Å². The fourth-order valence-corrected chi connectivity index (χ4v) is 0.841. The quantitative estimate of drug-likeness (QED) is 0.523. The van der Waals surface area contributed by atoms with Crippen LogP contribution in [0.25, 0.3) is 0 Å². The minimum Gasteiger partial charge on any atom is -0.465 e. The lowest BCUT2D eigenvalue weighted by atomic mass is 10.4. The Bertz CT molecular complexity index is 116. The van der Waals surface area contributed by atoms with E-state index >= 15 is 0 Å². The van der Waals surface area contributed by atoms with Crippen LogP contribution in [0.15, 0.2) is 0 Å². The maximum atomic E-state index is 10.9. The second kappa shape index (κ2) is 6.61. The third-order valence-corrected chi connectivity index (χ3v) is 1.65. The Morgan fingerprint density at radius 1 is 1.45 bits per heavy atom. The maximum absolute atomic E-state index is 10.9. The highest BCUT2D eigenvalue weighted by molar-refractivity contribution is 9.10. The van der Waals surface area contributed by atoms with Gasteiger partial charge in [0.1, 0.15) is 4.83 Å². The summed E-state index contributed by atoms with van der Waals surface area (Å²) in [5.74, 6) is -0.263. The normalized spacial score (nSPS) is 12.6. The molecule has 0 spiro atoms. The van der Waals surface area contributed by atoms with Gasteiger partial charge in [-0.05, 0) is 13.8 Å². The fourth-order valence-electron chi connectivity index (χ4n) is 0.522. The van der Waals surface area contributed by atoms with E-state index in [2.05, 4.69) is 15.9 Å². The Kier molecular flexibility index (Phi) is 6.56. The molecular formula is C7H13BrO3. The van der Waals surface area contributed by atoms with Crippen molar-refractivity contribution in [1.82, 2.24) is 0 Å². The summed E-state index contributed by atoms with van der Waals surface area (Å²) < 4.78 is 9.75. The van der Waals surface area contributed by atoms with Crippen LogP contribution >= 0.6 is 15.9 Å². The van der Waals surface area contributed by atoms with Gasteiger partial charge < -0.3 is 9.47 Å². The number of hydrogen-bond acceptors (Lipinski definition) is 3. The number of ether oxygens (including phenoxy) is 2. The molecule has 0 aliphatic rings. The number of halogens is 1. The highest BCUT2D eigenvalue weighted by Gasteiger charge is 2.14. The minimum absolute atomic E-state index is 0.263. The Morgan fingerprint density at radius 3 is 2.55 bits per heavy atom. The molecule has 0 aromatic rings. The second-order valence-corrected chi connectivity index (χ2v) is 2.98. The molecule has 0 amide bonds. The molecule has 3 nitrogen and oxygen atoms in total. The van der Waals surface area contributed by atoms with Crippen molar-refractivity contribution in [2.75, 3.05) is 19.8 Å². The first-order chi connectivity index (χ1) is 5.22. The van der Waals surface area contributed by atoms with E-state index in [1.54, 1.807) is 6.92 Å². The number of carbonyl (C=O) groups is 1. The van der Waals surface area contributed by atoms with Crippen molar-refractivity contribution in [3.05, 3.63) is 0 Å². The van der Waals surface area contributed by atoms with Gasteiger partial charge in [0.2, 0.25) is 0 Å². The summed E-state index contributed by atoms with van der Waals surface area (Å²) >= 11 is 3.15. The summed E-state index contributed by atoms with van der Waals surface area (Å²) in [7, 11) is 0. The molecule has 0 fully saturated rings. The molecule has 0 aliphatic heterocycles. The molecule has 0 radical (unpaired) electrons. The summed E-state index contributed by atoms with van der Waals surface area (Å²) in [6.45, 7) is 5.05. The third kappa shape index (κ3) is 5.21. The molecular weight excluding hydrogens is 212 g/mol. The molecule has 0 aromatic carbocycles.